The zero-order valence-electron chi connectivity index (χ0n) is 12.4. The van der Waals surface area contributed by atoms with E-state index in [4.69, 9.17) is 0 Å². The number of benzene rings is 1. The number of carbonyl (C=O) groups excluding carboxylic acids is 1. The van der Waals surface area contributed by atoms with Crippen molar-refractivity contribution in [3.63, 3.8) is 0 Å². The Labute approximate surface area is 141 Å². The highest BCUT2D eigenvalue weighted by Crippen LogP contribution is 2.31. The van der Waals surface area contributed by atoms with Crippen LogP contribution in [0.5, 0.6) is 0 Å². The molecule has 0 spiro atoms. The Bertz CT molecular complexity index is 663. The van der Waals surface area contributed by atoms with Crippen LogP contribution in [0.2, 0.25) is 0 Å². The number of aryl methyl sites for hydroxylation is 1. The molecule has 0 fully saturated rings. The monoisotopic (exact) mass is 357 g/mol. The predicted octanol–water partition coefficient (Wildman–Crippen LogP) is 4.22. The van der Waals surface area contributed by atoms with Crippen LogP contribution in [0.3, 0.4) is 0 Å². The highest BCUT2D eigenvalue weighted by Gasteiger charge is 2.17. The molecular weight excluding hydrogens is 341 g/mol. The molecule has 0 unspecified atom stereocenters. The second kappa shape index (κ2) is 7.94. The molecule has 8 heteroatoms. The summed E-state index contributed by atoms with van der Waals surface area (Å²) < 4.78 is 15.1. The molecule has 4 nitrogen and oxygen atoms in total. The van der Waals surface area contributed by atoms with E-state index in [1.807, 2.05) is 0 Å². The largest absolute Gasteiger partial charge is 0.325 e. The molecule has 0 saturated heterocycles. The SMILES string of the molecule is CCSc1nnc(S[C@H](C)C(=O)Nc2ccc(C)c(F)c2)s1. The first-order chi connectivity index (χ1) is 10.5. The topological polar surface area (TPSA) is 54.9 Å². The van der Waals surface area contributed by atoms with Crippen molar-refractivity contribution in [3.8, 4) is 0 Å². The van der Waals surface area contributed by atoms with Crippen LogP contribution in [-0.4, -0.2) is 27.1 Å². The van der Waals surface area contributed by atoms with Gasteiger partial charge in [0.25, 0.3) is 0 Å². The molecule has 1 N–H and O–H groups in total. The fourth-order valence-electron chi connectivity index (χ4n) is 1.55. The highest BCUT2D eigenvalue weighted by atomic mass is 32.2. The van der Waals surface area contributed by atoms with Crippen LogP contribution in [0.4, 0.5) is 10.1 Å². The number of anilines is 1. The fraction of sp³-hybridized carbons (Fsp3) is 0.357. The van der Waals surface area contributed by atoms with E-state index >= 15 is 0 Å². The Morgan fingerprint density at radius 3 is 2.82 bits per heavy atom. The molecule has 0 saturated carbocycles. The van der Waals surface area contributed by atoms with E-state index in [-0.39, 0.29) is 17.0 Å². The second-order valence-corrected chi connectivity index (χ2v) is 8.56. The summed E-state index contributed by atoms with van der Waals surface area (Å²) in [6, 6.07) is 4.65. The third-order valence-corrected chi connectivity index (χ3v) is 5.86. The van der Waals surface area contributed by atoms with Gasteiger partial charge in [0, 0.05) is 5.69 Å². The maximum Gasteiger partial charge on any atom is 0.237 e. The quantitative estimate of drug-likeness (QED) is 0.785. The average molecular weight is 358 g/mol. The number of hydrogen-bond donors (Lipinski definition) is 1. The van der Waals surface area contributed by atoms with Gasteiger partial charge in [0.05, 0.1) is 5.25 Å². The Balaban J connectivity index is 1.94. The fourth-order valence-corrected chi connectivity index (χ4v) is 4.61. The molecule has 1 atom stereocenters. The molecule has 1 amide bonds. The summed E-state index contributed by atoms with van der Waals surface area (Å²) >= 11 is 4.45. The zero-order valence-corrected chi connectivity index (χ0v) is 14.9. The van der Waals surface area contributed by atoms with Crippen molar-refractivity contribution in [2.45, 2.75) is 34.7 Å². The van der Waals surface area contributed by atoms with E-state index in [9.17, 15) is 9.18 Å². The van der Waals surface area contributed by atoms with E-state index in [0.717, 1.165) is 14.4 Å². The van der Waals surface area contributed by atoms with Crippen LogP contribution in [0, 0.1) is 12.7 Å². The number of amides is 1. The van der Waals surface area contributed by atoms with Crippen molar-refractivity contribution in [1.29, 1.82) is 0 Å². The molecule has 0 aliphatic rings. The lowest BCUT2D eigenvalue weighted by atomic mass is 10.2. The van der Waals surface area contributed by atoms with Crippen molar-refractivity contribution in [2.75, 3.05) is 11.1 Å². The van der Waals surface area contributed by atoms with Crippen molar-refractivity contribution in [3.05, 3.63) is 29.6 Å². The Hall–Kier alpha value is -1.12. The number of halogens is 1. The van der Waals surface area contributed by atoms with Gasteiger partial charge < -0.3 is 5.32 Å². The Kier molecular flexibility index (Phi) is 6.22. The number of nitrogens with zero attached hydrogens (tertiary/aromatic N) is 2. The van der Waals surface area contributed by atoms with Gasteiger partial charge in [0.2, 0.25) is 5.91 Å². The van der Waals surface area contributed by atoms with Crippen molar-refractivity contribution >= 4 is 46.5 Å². The molecule has 0 radical (unpaired) electrons. The van der Waals surface area contributed by atoms with Gasteiger partial charge in [-0.25, -0.2) is 4.39 Å². The van der Waals surface area contributed by atoms with E-state index in [1.54, 1.807) is 37.7 Å². The number of nitrogens with one attached hydrogen (secondary N) is 1. The van der Waals surface area contributed by atoms with Gasteiger partial charge in [-0.2, -0.15) is 0 Å². The summed E-state index contributed by atoms with van der Waals surface area (Å²) in [4.78, 5) is 12.1. The van der Waals surface area contributed by atoms with Crippen LogP contribution < -0.4 is 5.32 Å². The number of thioether (sulfide) groups is 2. The van der Waals surface area contributed by atoms with Gasteiger partial charge in [0.1, 0.15) is 5.82 Å². The van der Waals surface area contributed by atoms with Crippen LogP contribution in [0.15, 0.2) is 26.9 Å². The Morgan fingerprint density at radius 2 is 2.14 bits per heavy atom. The molecule has 1 heterocycles. The molecule has 22 heavy (non-hydrogen) atoms. The summed E-state index contributed by atoms with van der Waals surface area (Å²) in [5.41, 5.74) is 1.01. The summed E-state index contributed by atoms with van der Waals surface area (Å²) in [5.74, 6) is 0.422. The smallest absolute Gasteiger partial charge is 0.237 e. The van der Waals surface area contributed by atoms with Gasteiger partial charge in [-0.15, -0.1) is 10.2 Å². The summed E-state index contributed by atoms with van der Waals surface area (Å²) in [6.45, 7) is 5.52. The minimum Gasteiger partial charge on any atom is -0.325 e. The first-order valence-electron chi connectivity index (χ1n) is 6.69. The summed E-state index contributed by atoms with van der Waals surface area (Å²) in [5, 5.41) is 10.5. The van der Waals surface area contributed by atoms with Crippen LogP contribution >= 0.6 is 34.9 Å². The first kappa shape index (κ1) is 17.2. The third-order valence-electron chi connectivity index (χ3n) is 2.74. The van der Waals surface area contributed by atoms with Crippen molar-refractivity contribution in [1.82, 2.24) is 10.2 Å². The van der Waals surface area contributed by atoms with Crippen LogP contribution in [0.25, 0.3) is 0 Å². The maximum absolute atomic E-state index is 13.5. The van der Waals surface area contributed by atoms with Gasteiger partial charge >= 0.3 is 0 Å². The number of hydrogen-bond acceptors (Lipinski definition) is 6. The molecule has 2 aromatic rings. The summed E-state index contributed by atoms with van der Waals surface area (Å²) in [7, 11) is 0. The van der Waals surface area contributed by atoms with E-state index < -0.39 is 0 Å². The number of carbonyl (C=O) groups is 1. The van der Waals surface area contributed by atoms with E-state index in [1.165, 1.54) is 29.2 Å². The molecule has 0 aliphatic carbocycles. The van der Waals surface area contributed by atoms with Crippen molar-refractivity contribution in [2.24, 2.45) is 0 Å². The first-order valence-corrected chi connectivity index (χ1v) is 9.37. The molecule has 1 aromatic carbocycles. The molecule has 118 valence electrons. The highest BCUT2D eigenvalue weighted by molar-refractivity contribution is 8.03. The minimum absolute atomic E-state index is 0.187. The lowest BCUT2D eigenvalue weighted by molar-refractivity contribution is -0.115. The average Bonchev–Trinajstić information content (AvgIpc) is 2.90. The van der Waals surface area contributed by atoms with Crippen molar-refractivity contribution < 1.29 is 9.18 Å². The summed E-state index contributed by atoms with van der Waals surface area (Å²) in [6.07, 6.45) is 0. The van der Waals surface area contributed by atoms with Gasteiger partial charge in [-0.1, -0.05) is 47.9 Å². The molecule has 2 rings (SSSR count). The zero-order chi connectivity index (χ0) is 16.1. The van der Waals surface area contributed by atoms with Gasteiger partial charge in [-0.3, -0.25) is 4.79 Å². The van der Waals surface area contributed by atoms with Gasteiger partial charge in [-0.05, 0) is 37.3 Å². The number of rotatable bonds is 6. The Morgan fingerprint density at radius 1 is 1.41 bits per heavy atom. The molecule has 0 bridgehead atoms. The van der Waals surface area contributed by atoms with Gasteiger partial charge in [0.15, 0.2) is 8.68 Å². The second-order valence-electron chi connectivity index (χ2n) is 4.48. The molecule has 1 aromatic heterocycles. The number of aromatic nitrogens is 2. The normalized spacial score (nSPS) is 12.2. The lowest BCUT2D eigenvalue weighted by Crippen LogP contribution is -2.22. The lowest BCUT2D eigenvalue weighted by Gasteiger charge is -2.10. The molecular formula is C14H16FN3OS3. The predicted molar refractivity (Wildman–Crippen MR) is 91.4 cm³/mol. The van der Waals surface area contributed by atoms with Crippen LogP contribution in [-0.2, 0) is 4.79 Å². The van der Waals surface area contributed by atoms with E-state index in [2.05, 4.69) is 22.4 Å². The van der Waals surface area contributed by atoms with E-state index in [0.29, 0.717) is 11.3 Å². The third kappa shape index (κ3) is 4.69. The standard InChI is InChI=1S/C14H16FN3OS3/c1-4-20-13-17-18-14(22-13)21-9(3)12(19)16-10-6-5-8(2)11(15)7-10/h5-7,9H,4H2,1-3H3,(H,16,19)/t9-/m1/s1. The minimum atomic E-state index is -0.336. The maximum atomic E-state index is 13.5. The molecule has 0 aliphatic heterocycles. The van der Waals surface area contributed by atoms with Crippen LogP contribution in [0.1, 0.15) is 19.4 Å².